The van der Waals surface area contributed by atoms with Crippen molar-refractivity contribution in [1.82, 2.24) is 4.90 Å². The van der Waals surface area contributed by atoms with Crippen molar-refractivity contribution < 1.29 is 19.1 Å². The van der Waals surface area contributed by atoms with E-state index in [0.29, 0.717) is 30.9 Å². The van der Waals surface area contributed by atoms with Gasteiger partial charge in [0.2, 0.25) is 0 Å². The van der Waals surface area contributed by atoms with Crippen LogP contribution in [0.3, 0.4) is 0 Å². The predicted molar refractivity (Wildman–Crippen MR) is 162 cm³/mol. The van der Waals surface area contributed by atoms with Crippen LogP contribution in [-0.4, -0.2) is 36.7 Å². The Morgan fingerprint density at radius 2 is 1.48 bits per heavy atom. The summed E-state index contributed by atoms with van der Waals surface area (Å²) in [5.41, 5.74) is 5.53. The molecule has 0 atom stereocenters. The number of benzene rings is 2. The molecular formula is C34H40BrNO4. The van der Waals surface area contributed by atoms with Crippen molar-refractivity contribution in [3.05, 3.63) is 80.6 Å². The molecule has 0 saturated carbocycles. The maximum absolute atomic E-state index is 14.1. The van der Waals surface area contributed by atoms with E-state index in [1.165, 1.54) is 5.56 Å². The Labute approximate surface area is 246 Å². The smallest absolute Gasteiger partial charge is 0.175 e. The highest BCUT2D eigenvalue weighted by Gasteiger charge is 2.49. The lowest BCUT2D eigenvalue weighted by Crippen LogP contribution is -2.45. The highest BCUT2D eigenvalue weighted by Crippen LogP contribution is 2.55. The Kier molecular flexibility index (Phi) is 7.77. The molecule has 0 spiro atoms. The lowest BCUT2D eigenvalue weighted by Gasteiger charge is -2.49. The van der Waals surface area contributed by atoms with Crippen LogP contribution in [0.2, 0.25) is 0 Å². The Balaban J connectivity index is 1.73. The zero-order chi connectivity index (χ0) is 28.8. The molecule has 0 amide bonds. The van der Waals surface area contributed by atoms with E-state index in [4.69, 9.17) is 9.47 Å². The van der Waals surface area contributed by atoms with Gasteiger partial charge >= 0.3 is 0 Å². The number of ketones is 2. The van der Waals surface area contributed by atoms with E-state index in [0.717, 1.165) is 58.4 Å². The molecule has 0 fully saturated rings. The maximum atomic E-state index is 14.1. The van der Waals surface area contributed by atoms with Gasteiger partial charge in [0.15, 0.2) is 23.1 Å². The standard InChI is InChI=1S/C34H40BrNO4/c1-7-40-32-23(35)15-22(16-28(32)39-6)29-30-24(17-33(2,3)19-26(30)37)36(14-13-21-11-9-8-10-12-21)25-18-34(4,5)20-27(38)31(25)29/h8-12,15-16,29H,7,13-14,17-20H2,1-6H3. The molecule has 40 heavy (non-hydrogen) atoms. The lowest BCUT2D eigenvalue weighted by atomic mass is 9.63. The molecule has 0 aromatic heterocycles. The molecule has 5 nitrogen and oxygen atoms in total. The van der Waals surface area contributed by atoms with Crippen molar-refractivity contribution in [2.75, 3.05) is 20.3 Å². The second kappa shape index (κ2) is 10.8. The van der Waals surface area contributed by atoms with Crippen LogP contribution in [0.1, 0.15) is 77.3 Å². The van der Waals surface area contributed by atoms with Crippen molar-refractivity contribution in [3.8, 4) is 11.5 Å². The number of nitrogens with zero attached hydrogens (tertiary/aromatic N) is 1. The highest BCUT2D eigenvalue weighted by molar-refractivity contribution is 9.10. The molecule has 0 radical (unpaired) electrons. The monoisotopic (exact) mass is 605 g/mol. The third kappa shape index (κ3) is 5.39. The molecule has 1 aliphatic heterocycles. The third-order valence-corrected chi connectivity index (χ3v) is 8.95. The molecule has 5 rings (SSSR count). The molecule has 2 aromatic rings. The fraction of sp³-hybridized carbons (Fsp3) is 0.471. The number of hydrogen-bond acceptors (Lipinski definition) is 5. The summed E-state index contributed by atoms with van der Waals surface area (Å²) in [6.07, 6.45) is 3.35. The summed E-state index contributed by atoms with van der Waals surface area (Å²) in [6.45, 7) is 11.9. The molecule has 212 valence electrons. The first-order chi connectivity index (χ1) is 18.9. The van der Waals surface area contributed by atoms with Gasteiger partial charge in [-0.2, -0.15) is 0 Å². The van der Waals surface area contributed by atoms with E-state index in [9.17, 15) is 9.59 Å². The van der Waals surface area contributed by atoms with E-state index in [2.05, 4.69) is 72.8 Å². The Morgan fingerprint density at radius 1 is 0.900 bits per heavy atom. The van der Waals surface area contributed by atoms with Gasteiger partial charge in [-0.15, -0.1) is 0 Å². The summed E-state index contributed by atoms with van der Waals surface area (Å²) >= 11 is 3.69. The summed E-state index contributed by atoms with van der Waals surface area (Å²) in [5, 5.41) is 0. The van der Waals surface area contributed by atoms with Crippen molar-refractivity contribution >= 4 is 27.5 Å². The first-order valence-corrected chi connectivity index (χ1v) is 15.1. The predicted octanol–water partition coefficient (Wildman–Crippen LogP) is 7.78. The summed E-state index contributed by atoms with van der Waals surface area (Å²) in [4.78, 5) is 30.5. The van der Waals surface area contributed by atoms with Crippen LogP contribution in [0, 0.1) is 10.8 Å². The van der Waals surface area contributed by atoms with Crippen molar-refractivity contribution in [2.45, 2.75) is 72.6 Å². The Bertz CT molecular complexity index is 1350. The van der Waals surface area contributed by atoms with Gasteiger partial charge in [0.25, 0.3) is 0 Å². The van der Waals surface area contributed by atoms with Crippen LogP contribution < -0.4 is 9.47 Å². The number of ether oxygens (including phenoxy) is 2. The Hall–Kier alpha value is -2.86. The average Bonchev–Trinajstić information content (AvgIpc) is 2.87. The number of Topliss-reactive ketones (excluding diaryl/α,β-unsaturated/α-hetero) is 2. The van der Waals surface area contributed by atoms with Gasteiger partial charge in [0, 0.05) is 47.8 Å². The first kappa shape index (κ1) is 28.7. The van der Waals surface area contributed by atoms with Crippen LogP contribution in [0.25, 0.3) is 0 Å². The zero-order valence-corrected chi connectivity index (χ0v) is 26.1. The highest BCUT2D eigenvalue weighted by atomic mass is 79.9. The number of hydrogen-bond donors (Lipinski definition) is 0. The topological polar surface area (TPSA) is 55.8 Å². The number of allylic oxidation sites excluding steroid dienone is 4. The van der Waals surface area contributed by atoms with E-state index >= 15 is 0 Å². The van der Waals surface area contributed by atoms with Gasteiger partial charge in [-0.25, -0.2) is 0 Å². The van der Waals surface area contributed by atoms with E-state index in [1.54, 1.807) is 7.11 Å². The molecule has 3 aliphatic rings. The lowest BCUT2D eigenvalue weighted by molar-refractivity contribution is -0.119. The molecule has 6 heteroatoms. The fourth-order valence-corrected chi connectivity index (χ4v) is 7.30. The third-order valence-electron chi connectivity index (χ3n) is 8.36. The van der Waals surface area contributed by atoms with Crippen LogP contribution in [0.4, 0.5) is 0 Å². The quantitative estimate of drug-likeness (QED) is 0.322. The first-order valence-electron chi connectivity index (χ1n) is 14.3. The van der Waals surface area contributed by atoms with E-state index in [1.807, 2.05) is 25.1 Å². The largest absolute Gasteiger partial charge is 0.493 e. The second-order valence-electron chi connectivity index (χ2n) is 12.9. The minimum Gasteiger partial charge on any atom is -0.493 e. The van der Waals surface area contributed by atoms with Crippen molar-refractivity contribution in [3.63, 3.8) is 0 Å². The number of carbonyl (C=O) groups excluding carboxylic acids is 2. The SMILES string of the molecule is CCOc1c(Br)cc(C2C3=C(CC(C)(C)CC3=O)N(CCc3ccccc3)C3=C2C(=O)CC(C)(C)C3)cc1OC. The maximum Gasteiger partial charge on any atom is 0.175 e. The second-order valence-corrected chi connectivity index (χ2v) is 13.7. The number of methoxy groups -OCH3 is 1. The van der Waals surface area contributed by atoms with E-state index < -0.39 is 5.92 Å². The number of rotatable bonds is 7. The van der Waals surface area contributed by atoms with Gasteiger partial charge in [0.1, 0.15) is 0 Å². The molecule has 0 unspecified atom stereocenters. The zero-order valence-electron chi connectivity index (χ0n) is 24.5. The molecular weight excluding hydrogens is 566 g/mol. The van der Waals surface area contributed by atoms with Gasteiger partial charge < -0.3 is 14.4 Å². The number of halogens is 1. The van der Waals surface area contributed by atoms with Gasteiger partial charge in [-0.1, -0.05) is 58.0 Å². The summed E-state index contributed by atoms with van der Waals surface area (Å²) in [5.74, 6) is 1.06. The van der Waals surface area contributed by atoms with Gasteiger partial charge in [-0.05, 0) is 76.2 Å². The van der Waals surface area contributed by atoms with Crippen LogP contribution in [0.5, 0.6) is 11.5 Å². The molecule has 0 saturated heterocycles. The molecule has 2 aromatic carbocycles. The summed E-state index contributed by atoms with van der Waals surface area (Å²) in [6, 6.07) is 14.4. The molecule has 0 bridgehead atoms. The van der Waals surface area contributed by atoms with Crippen molar-refractivity contribution in [2.24, 2.45) is 10.8 Å². The summed E-state index contributed by atoms with van der Waals surface area (Å²) in [7, 11) is 1.62. The van der Waals surface area contributed by atoms with Gasteiger partial charge in [-0.3, -0.25) is 9.59 Å². The van der Waals surface area contributed by atoms with Crippen LogP contribution in [0.15, 0.2) is 69.5 Å². The normalized spacial score (nSPS) is 20.4. The number of carbonyl (C=O) groups is 2. The van der Waals surface area contributed by atoms with E-state index in [-0.39, 0.29) is 22.4 Å². The molecule has 2 aliphatic carbocycles. The van der Waals surface area contributed by atoms with Crippen LogP contribution >= 0.6 is 15.9 Å². The minimum atomic E-state index is -0.425. The minimum absolute atomic E-state index is 0.133. The fourth-order valence-electron chi connectivity index (χ4n) is 6.73. The summed E-state index contributed by atoms with van der Waals surface area (Å²) < 4.78 is 12.4. The van der Waals surface area contributed by atoms with Crippen molar-refractivity contribution in [1.29, 1.82) is 0 Å². The van der Waals surface area contributed by atoms with Crippen LogP contribution in [-0.2, 0) is 16.0 Å². The Morgan fingerprint density at radius 3 is 2.00 bits per heavy atom. The average molecular weight is 607 g/mol. The molecule has 1 heterocycles. The van der Waals surface area contributed by atoms with Gasteiger partial charge in [0.05, 0.1) is 18.2 Å². The molecule has 0 N–H and O–H groups in total.